The smallest absolute Gasteiger partial charge is 0.426 e. The molecule has 0 aromatic carbocycles. The van der Waals surface area contributed by atoms with E-state index in [0.717, 1.165) is 0 Å². The lowest BCUT2D eigenvalue weighted by Crippen LogP contribution is -2.55. The van der Waals surface area contributed by atoms with Crippen LogP contribution < -0.4 is 10.5 Å². The molecule has 1 saturated heterocycles. The Morgan fingerprint density at radius 2 is 1.90 bits per heavy atom. The molecule has 1 aliphatic rings. The summed E-state index contributed by atoms with van der Waals surface area (Å²) in [6.45, 7) is 0.371. The van der Waals surface area contributed by atoms with Crippen molar-refractivity contribution in [1.82, 2.24) is 24.5 Å². The molecular weight excluding hydrogens is 556 g/mol. The average Bonchev–Trinajstić information content (AvgIpc) is 3.48. The summed E-state index contributed by atoms with van der Waals surface area (Å²) in [7, 11) is 2.61. The topological polar surface area (TPSA) is 170 Å². The minimum atomic E-state index is -5.29. The van der Waals surface area contributed by atoms with Crippen LogP contribution in [0.15, 0.2) is 34.8 Å². The van der Waals surface area contributed by atoms with Gasteiger partial charge in [0.2, 0.25) is 11.5 Å². The number of aliphatic imine (C=N–C) groups is 1. The number of anilines is 1. The van der Waals surface area contributed by atoms with Crippen LogP contribution in [0.1, 0.15) is 29.8 Å². The van der Waals surface area contributed by atoms with Gasteiger partial charge in [0.25, 0.3) is 11.8 Å². The van der Waals surface area contributed by atoms with Crippen LogP contribution in [0.5, 0.6) is 5.88 Å². The molecule has 2 amide bonds. The molecule has 3 aromatic heterocycles. The number of carbonyl (C=O) groups is 2. The van der Waals surface area contributed by atoms with Crippen LogP contribution in [-0.2, 0) is 9.63 Å². The standard InChI is InChI=1S/C24H24F4N8O5/c1-11(34-41-4)13-6-17(36-18(13)19(29)31-10-32-36)12-5-14(21(40-3)30-7-12)20(37)33-16-9-35(8-15(16)25)22(38)23(2,39)24(26,27)28/h5-7,10,15,39H,8-9H2,1-4H3,(H2,29,31,32)/b33-16?,34-11-/t15-,23+/m0/s1. The zero-order valence-electron chi connectivity index (χ0n) is 22.1. The third kappa shape index (κ3) is 5.27. The van der Waals surface area contributed by atoms with Crippen LogP contribution in [0, 0.1) is 0 Å². The second kappa shape index (κ2) is 10.7. The number of nitrogen functional groups attached to an aromatic ring is 1. The Bertz CT molecular complexity index is 1580. The van der Waals surface area contributed by atoms with Crippen LogP contribution in [0.25, 0.3) is 16.8 Å². The maximum Gasteiger partial charge on any atom is 0.426 e. The number of ether oxygens (including phenoxy) is 1. The van der Waals surface area contributed by atoms with Gasteiger partial charge in [0.15, 0.2) is 12.0 Å². The number of hydrogen-bond acceptors (Lipinski definition) is 10. The van der Waals surface area contributed by atoms with Gasteiger partial charge in [-0.3, -0.25) is 9.59 Å². The van der Waals surface area contributed by atoms with E-state index in [-0.39, 0.29) is 24.2 Å². The van der Waals surface area contributed by atoms with Gasteiger partial charge in [0, 0.05) is 17.3 Å². The van der Waals surface area contributed by atoms with E-state index in [1.54, 1.807) is 13.0 Å². The second-order valence-corrected chi connectivity index (χ2v) is 9.12. The molecule has 4 rings (SSSR count). The van der Waals surface area contributed by atoms with Gasteiger partial charge in [-0.2, -0.15) is 18.3 Å². The first kappa shape index (κ1) is 29.3. The number of alkyl halides is 4. The number of halogens is 4. The molecule has 0 radical (unpaired) electrons. The fourth-order valence-electron chi connectivity index (χ4n) is 4.18. The molecule has 4 heterocycles. The largest absolute Gasteiger partial charge is 0.480 e. The molecule has 3 aromatic rings. The van der Waals surface area contributed by atoms with Crippen molar-refractivity contribution in [3.8, 4) is 17.1 Å². The van der Waals surface area contributed by atoms with E-state index in [4.69, 9.17) is 15.3 Å². The quantitative estimate of drug-likeness (QED) is 0.251. The van der Waals surface area contributed by atoms with E-state index in [2.05, 4.69) is 25.2 Å². The summed E-state index contributed by atoms with van der Waals surface area (Å²) in [5, 5.41) is 17.8. The predicted molar refractivity (Wildman–Crippen MR) is 136 cm³/mol. The number of rotatable bonds is 6. The van der Waals surface area contributed by atoms with Crippen molar-refractivity contribution in [2.24, 2.45) is 10.1 Å². The number of aromatic nitrogens is 4. The van der Waals surface area contributed by atoms with Gasteiger partial charge in [0.05, 0.1) is 37.3 Å². The van der Waals surface area contributed by atoms with Crippen molar-refractivity contribution in [3.05, 3.63) is 35.8 Å². The summed E-state index contributed by atoms with van der Waals surface area (Å²) < 4.78 is 60.6. The number of nitrogens with zero attached hydrogens (tertiary/aromatic N) is 7. The highest BCUT2D eigenvalue weighted by Gasteiger charge is 2.58. The molecule has 0 saturated carbocycles. The Morgan fingerprint density at radius 1 is 1.20 bits per heavy atom. The van der Waals surface area contributed by atoms with Crippen LogP contribution >= 0.6 is 0 Å². The summed E-state index contributed by atoms with van der Waals surface area (Å²) in [6, 6.07) is 3.01. The van der Waals surface area contributed by atoms with E-state index in [1.165, 1.54) is 37.3 Å². The first-order chi connectivity index (χ1) is 19.2. The molecule has 3 N–H and O–H groups in total. The number of nitrogens with two attached hydrogens (primary N) is 1. The number of carbonyl (C=O) groups excluding carboxylic acids is 2. The molecule has 1 aliphatic heterocycles. The minimum absolute atomic E-state index is 0.134. The highest BCUT2D eigenvalue weighted by Crippen LogP contribution is 2.33. The number of likely N-dealkylation sites (tertiary alicyclic amines) is 1. The van der Waals surface area contributed by atoms with Crippen LogP contribution in [-0.4, -0.2) is 98.1 Å². The Labute approximate surface area is 229 Å². The minimum Gasteiger partial charge on any atom is -0.480 e. The monoisotopic (exact) mass is 580 g/mol. The first-order valence-electron chi connectivity index (χ1n) is 11.8. The van der Waals surface area contributed by atoms with Crippen molar-refractivity contribution in [2.45, 2.75) is 31.8 Å². The number of hydrogen-bond donors (Lipinski definition) is 2. The third-order valence-electron chi connectivity index (χ3n) is 6.37. The van der Waals surface area contributed by atoms with Crippen molar-refractivity contribution in [3.63, 3.8) is 0 Å². The zero-order valence-corrected chi connectivity index (χ0v) is 22.1. The highest BCUT2D eigenvalue weighted by molar-refractivity contribution is 6.10. The summed E-state index contributed by atoms with van der Waals surface area (Å²) in [4.78, 5) is 42.6. The van der Waals surface area contributed by atoms with Gasteiger partial charge < -0.3 is 25.3 Å². The summed E-state index contributed by atoms with van der Waals surface area (Å²) in [5.41, 5.74) is 3.72. The van der Waals surface area contributed by atoms with Crippen LogP contribution in [0.3, 0.4) is 0 Å². The van der Waals surface area contributed by atoms with E-state index in [0.29, 0.717) is 32.9 Å². The van der Waals surface area contributed by atoms with Gasteiger partial charge in [-0.25, -0.2) is 23.9 Å². The van der Waals surface area contributed by atoms with E-state index in [1.807, 2.05) is 0 Å². The van der Waals surface area contributed by atoms with Gasteiger partial charge in [-0.05, 0) is 26.0 Å². The van der Waals surface area contributed by atoms with Gasteiger partial charge >= 0.3 is 6.18 Å². The molecule has 13 nitrogen and oxygen atoms in total. The lowest BCUT2D eigenvalue weighted by atomic mass is 10.1. The van der Waals surface area contributed by atoms with Gasteiger partial charge in [-0.15, -0.1) is 0 Å². The van der Waals surface area contributed by atoms with Gasteiger partial charge in [-0.1, -0.05) is 5.16 Å². The number of methoxy groups -OCH3 is 1. The van der Waals surface area contributed by atoms with Crippen molar-refractivity contribution < 1.29 is 41.8 Å². The normalized spacial score (nSPS) is 18.6. The molecule has 0 spiro atoms. The molecule has 218 valence electrons. The fourth-order valence-corrected chi connectivity index (χ4v) is 4.18. The molecule has 0 unspecified atom stereocenters. The van der Waals surface area contributed by atoms with Crippen molar-refractivity contribution >= 4 is 34.6 Å². The van der Waals surface area contributed by atoms with Crippen molar-refractivity contribution in [1.29, 1.82) is 0 Å². The van der Waals surface area contributed by atoms with Crippen LogP contribution in [0.4, 0.5) is 23.4 Å². The number of pyridine rings is 1. The maximum atomic E-state index is 14.7. The highest BCUT2D eigenvalue weighted by atomic mass is 19.4. The van der Waals surface area contributed by atoms with Crippen molar-refractivity contribution in [2.75, 3.05) is 33.0 Å². The average molecular weight is 580 g/mol. The lowest BCUT2D eigenvalue weighted by Gasteiger charge is -2.29. The van der Waals surface area contributed by atoms with Gasteiger partial charge in [0.1, 0.15) is 24.5 Å². The molecule has 0 bridgehead atoms. The number of aliphatic hydroxyl groups is 1. The summed E-state index contributed by atoms with van der Waals surface area (Å²) >= 11 is 0. The molecular formula is C24H24F4N8O5. The number of amides is 2. The SMILES string of the molecule is CO/N=C(/C)c1cc(-c2cnc(OC)c(C(=O)N=C3CN(C(=O)[C@@](C)(O)C(F)(F)F)C[C@@H]3F)c2)n2ncnc(N)c12. The number of fused-ring (bicyclic) bond motifs is 1. The molecule has 17 heteroatoms. The summed E-state index contributed by atoms with van der Waals surface area (Å²) in [5.74, 6) is -2.83. The second-order valence-electron chi connectivity index (χ2n) is 9.12. The molecule has 1 fully saturated rings. The van der Waals surface area contributed by atoms with E-state index in [9.17, 15) is 32.3 Å². The Hall–Kier alpha value is -4.67. The maximum absolute atomic E-state index is 14.7. The number of oxime groups is 1. The lowest BCUT2D eigenvalue weighted by molar-refractivity contribution is -0.249. The van der Waals surface area contributed by atoms with Crippen LogP contribution in [0.2, 0.25) is 0 Å². The predicted octanol–water partition coefficient (Wildman–Crippen LogP) is 1.83. The Balaban J connectivity index is 1.73. The molecule has 41 heavy (non-hydrogen) atoms. The van der Waals surface area contributed by atoms with E-state index < -0.39 is 48.6 Å². The molecule has 2 atom stereocenters. The Kier molecular flexibility index (Phi) is 7.66. The Morgan fingerprint density at radius 3 is 2.54 bits per heavy atom. The summed E-state index contributed by atoms with van der Waals surface area (Å²) in [6.07, 6.45) is -4.74. The first-order valence-corrected chi connectivity index (χ1v) is 11.8. The van der Waals surface area contributed by atoms with E-state index >= 15 is 0 Å². The fraction of sp³-hybridized carbons (Fsp3) is 0.375. The zero-order chi connectivity index (χ0) is 30.3. The molecule has 0 aliphatic carbocycles. The third-order valence-corrected chi connectivity index (χ3v) is 6.37.